The van der Waals surface area contributed by atoms with Crippen LogP contribution in [0.4, 0.5) is 5.82 Å². The number of rotatable bonds is 5. The first-order valence-corrected chi connectivity index (χ1v) is 8.31. The highest BCUT2D eigenvalue weighted by Gasteiger charge is 2.55. The van der Waals surface area contributed by atoms with Gasteiger partial charge in [-0.3, -0.25) is 9.20 Å². The van der Waals surface area contributed by atoms with Crippen LogP contribution in [0.1, 0.15) is 33.1 Å². The average Bonchev–Trinajstić information content (AvgIpc) is 2.55. The van der Waals surface area contributed by atoms with Crippen LogP contribution < -0.4 is 10.5 Å². The molecule has 124 valence electrons. The fraction of sp³-hybridized carbons (Fsp3) is 0.556. The van der Waals surface area contributed by atoms with Crippen LogP contribution in [0.3, 0.4) is 0 Å². The summed E-state index contributed by atoms with van der Waals surface area (Å²) in [7, 11) is 3.83. The van der Waals surface area contributed by atoms with Gasteiger partial charge in [-0.1, -0.05) is 19.9 Å². The Hall–Kier alpha value is -1.88. The number of nitrogens with zero attached hydrogens (tertiary/aromatic N) is 3. The number of methoxy groups -OCH3 is 1. The number of fused-ring (bicyclic) bond motifs is 1. The molecule has 0 bridgehead atoms. The Morgan fingerprint density at radius 1 is 1.39 bits per heavy atom. The zero-order chi connectivity index (χ0) is 16.6. The monoisotopic (exact) mass is 315 g/mol. The first-order valence-electron chi connectivity index (χ1n) is 8.31. The second-order valence-electron chi connectivity index (χ2n) is 6.41. The zero-order valence-electron chi connectivity index (χ0n) is 14.3. The van der Waals surface area contributed by atoms with E-state index in [2.05, 4.69) is 23.7 Å². The summed E-state index contributed by atoms with van der Waals surface area (Å²) in [5.74, 6) is 0.743. The molecule has 2 atom stereocenters. The minimum atomic E-state index is -0.0429. The quantitative estimate of drug-likeness (QED) is 0.851. The van der Waals surface area contributed by atoms with Crippen molar-refractivity contribution in [3.8, 4) is 0 Å². The van der Waals surface area contributed by atoms with Crippen LogP contribution in [0.25, 0.3) is 5.65 Å². The molecule has 1 fully saturated rings. The predicted molar refractivity (Wildman–Crippen MR) is 92.1 cm³/mol. The Kier molecular flexibility index (Phi) is 4.15. The van der Waals surface area contributed by atoms with Crippen LogP contribution >= 0.6 is 0 Å². The van der Waals surface area contributed by atoms with Gasteiger partial charge in [-0.2, -0.15) is 0 Å². The number of aromatic nitrogens is 2. The third-order valence-electron chi connectivity index (χ3n) is 5.73. The van der Waals surface area contributed by atoms with Crippen LogP contribution in [0.15, 0.2) is 35.3 Å². The summed E-state index contributed by atoms with van der Waals surface area (Å²) >= 11 is 0. The maximum atomic E-state index is 12.3. The van der Waals surface area contributed by atoms with E-state index in [0.29, 0.717) is 11.7 Å². The minimum Gasteiger partial charge on any atom is -0.381 e. The highest BCUT2D eigenvalue weighted by Crippen LogP contribution is 2.51. The Labute approximate surface area is 136 Å². The van der Waals surface area contributed by atoms with Gasteiger partial charge in [0.1, 0.15) is 11.5 Å². The van der Waals surface area contributed by atoms with Crippen LogP contribution in [0.5, 0.6) is 0 Å². The molecule has 1 aliphatic carbocycles. The Bertz CT molecular complexity index is 751. The van der Waals surface area contributed by atoms with E-state index < -0.39 is 0 Å². The zero-order valence-corrected chi connectivity index (χ0v) is 14.3. The van der Waals surface area contributed by atoms with Gasteiger partial charge in [0, 0.05) is 37.9 Å². The summed E-state index contributed by atoms with van der Waals surface area (Å²) in [6.45, 7) is 4.44. The first kappa shape index (κ1) is 16.0. The van der Waals surface area contributed by atoms with Crippen LogP contribution in [0, 0.1) is 5.41 Å². The molecular formula is C18H25N3O2. The van der Waals surface area contributed by atoms with E-state index in [0.717, 1.165) is 25.1 Å². The van der Waals surface area contributed by atoms with Gasteiger partial charge in [0.25, 0.3) is 5.56 Å². The maximum Gasteiger partial charge on any atom is 0.259 e. The van der Waals surface area contributed by atoms with Crippen LogP contribution in [-0.2, 0) is 4.74 Å². The van der Waals surface area contributed by atoms with Crippen molar-refractivity contribution in [2.45, 2.75) is 45.3 Å². The van der Waals surface area contributed by atoms with Crippen molar-refractivity contribution in [1.82, 2.24) is 9.38 Å². The Morgan fingerprint density at radius 3 is 2.78 bits per heavy atom. The van der Waals surface area contributed by atoms with E-state index in [-0.39, 0.29) is 17.1 Å². The number of hydrogen-bond acceptors (Lipinski definition) is 4. The fourth-order valence-electron chi connectivity index (χ4n) is 4.16. The standard InChI is InChI=1S/C18H25N3O2/c1-5-18(6-2)13(11-14(18)23-4)20(3)16-12-17(22)21-10-8-7-9-15(21)19-16/h7-10,12-14H,5-6,11H2,1-4H3. The molecule has 2 aromatic heterocycles. The SMILES string of the molecule is CCC1(CC)C(OC)CC1N(C)c1cc(=O)n2ccccc2n1. The van der Waals surface area contributed by atoms with E-state index in [9.17, 15) is 4.79 Å². The van der Waals surface area contributed by atoms with Crippen molar-refractivity contribution in [2.75, 3.05) is 19.1 Å². The highest BCUT2D eigenvalue weighted by molar-refractivity contribution is 5.49. The average molecular weight is 315 g/mol. The second kappa shape index (κ2) is 5.96. The summed E-state index contributed by atoms with van der Waals surface area (Å²) < 4.78 is 7.25. The molecule has 0 saturated heterocycles. The molecular weight excluding hydrogens is 290 g/mol. The molecule has 1 aliphatic rings. The summed E-state index contributed by atoms with van der Waals surface area (Å²) in [6, 6.07) is 7.58. The molecule has 2 heterocycles. The van der Waals surface area contributed by atoms with E-state index >= 15 is 0 Å². The van der Waals surface area contributed by atoms with Gasteiger partial charge in [0.15, 0.2) is 0 Å². The molecule has 2 aromatic rings. The topological polar surface area (TPSA) is 46.8 Å². The predicted octanol–water partition coefficient (Wildman–Crippen LogP) is 2.72. The van der Waals surface area contributed by atoms with Gasteiger partial charge in [0.2, 0.25) is 0 Å². The van der Waals surface area contributed by atoms with Gasteiger partial charge in [-0.15, -0.1) is 0 Å². The number of ether oxygens (including phenoxy) is 1. The third kappa shape index (κ3) is 2.34. The second-order valence-corrected chi connectivity index (χ2v) is 6.41. The lowest BCUT2D eigenvalue weighted by Crippen LogP contribution is -2.63. The van der Waals surface area contributed by atoms with Crippen molar-refractivity contribution in [3.05, 3.63) is 40.8 Å². The lowest BCUT2D eigenvalue weighted by atomic mass is 9.58. The molecule has 3 rings (SSSR count). The smallest absolute Gasteiger partial charge is 0.259 e. The largest absolute Gasteiger partial charge is 0.381 e. The number of pyridine rings is 1. The van der Waals surface area contributed by atoms with Crippen LogP contribution in [-0.4, -0.2) is 35.7 Å². The summed E-state index contributed by atoms with van der Waals surface area (Å²) in [5, 5.41) is 0. The Morgan fingerprint density at radius 2 is 2.13 bits per heavy atom. The van der Waals surface area contributed by atoms with Crippen molar-refractivity contribution in [1.29, 1.82) is 0 Å². The lowest BCUT2D eigenvalue weighted by Gasteiger charge is -2.58. The van der Waals surface area contributed by atoms with Crippen molar-refractivity contribution in [2.24, 2.45) is 5.41 Å². The van der Waals surface area contributed by atoms with Gasteiger partial charge < -0.3 is 9.64 Å². The minimum absolute atomic E-state index is 0.0429. The van der Waals surface area contributed by atoms with Crippen molar-refractivity contribution >= 4 is 11.5 Å². The molecule has 0 radical (unpaired) electrons. The molecule has 0 N–H and O–H groups in total. The van der Waals surface area contributed by atoms with E-state index in [1.54, 1.807) is 23.8 Å². The van der Waals surface area contributed by atoms with E-state index in [1.165, 1.54) is 0 Å². The molecule has 0 aliphatic heterocycles. The Balaban J connectivity index is 1.98. The van der Waals surface area contributed by atoms with Crippen molar-refractivity contribution < 1.29 is 4.74 Å². The fourth-order valence-corrected chi connectivity index (χ4v) is 4.16. The summed E-state index contributed by atoms with van der Waals surface area (Å²) in [4.78, 5) is 19.2. The lowest BCUT2D eigenvalue weighted by molar-refractivity contribution is -0.113. The van der Waals surface area contributed by atoms with E-state index in [1.807, 2.05) is 25.2 Å². The third-order valence-corrected chi connectivity index (χ3v) is 5.73. The van der Waals surface area contributed by atoms with Gasteiger partial charge in [0.05, 0.1) is 6.10 Å². The normalized spacial score (nSPS) is 22.8. The highest BCUT2D eigenvalue weighted by atomic mass is 16.5. The maximum absolute atomic E-state index is 12.3. The molecule has 23 heavy (non-hydrogen) atoms. The molecule has 0 amide bonds. The summed E-state index contributed by atoms with van der Waals surface area (Å²) in [5.41, 5.74) is 0.772. The van der Waals surface area contributed by atoms with Crippen molar-refractivity contribution in [3.63, 3.8) is 0 Å². The first-order chi connectivity index (χ1) is 11.1. The number of anilines is 1. The van der Waals surface area contributed by atoms with Crippen LogP contribution in [0.2, 0.25) is 0 Å². The van der Waals surface area contributed by atoms with Gasteiger partial charge in [-0.05, 0) is 31.4 Å². The molecule has 0 aromatic carbocycles. The molecule has 5 nitrogen and oxygen atoms in total. The van der Waals surface area contributed by atoms with E-state index in [4.69, 9.17) is 4.74 Å². The van der Waals surface area contributed by atoms with Gasteiger partial charge >= 0.3 is 0 Å². The summed E-state index contributed by atoms with van der Waals surface area (Å²) in [6.07, 6.45) is 5.13. The molecule has 1 saturated carbocycles. The molecule has 2 unspecified atom stereocenters. The molecule has 5 heteroatoms. The number of hydrogen-bond donors (Lipinski definition) is 0. The molecule has 0 spiro atoms. The van der Waals surface area contributed by atoms with Gasteiger partial charge in [-0.25, -0.2) is 4.98 Å².